The molecule has 0 saturated heterocycles. The molecule has 0 spiro atoms. The highest BCUT2D eigenvalue weighted by Crippen LogP contribution is 2.39. The topological polar surface area (TPSA) is 75.7 Å². The number of hydrogen-bond donors (Lipinski definition) is 2. The van der Waals surface area contributed by atoms with E-state index in [9.17, 15) is 0 Å². The van der Waals surface area contributed by atoms with Crippen molar-refractivity contribution in [3.63, 3.8) is 0 Å². The standard InChI is InChI=1S/C23H31N5O/c1-23(2,3)19-7-10-20(11-8-19)29-21-9-6-17-12-16(4-5-18(17)13-21)14-24-15-22-25-27-28-26-22/h4-6,9,12-13,19-20,24H,7-8,10-11,14-15H2,1-3H3,(H,25,26,27,28). The SMILES string of the molecule is CC(C)(C)C1CCC(Oc2ccc3cc(CNCc4nn[nH]n4)ccc3c2)CC1. The van der Waals surface area contributed by atoms with Crippen molar-refractivity contribution < 1.29 is 4.74 Å². The van der Waals surface area contributed by atoms with Crippen LogP contribution in [-0.2, 0) is 13.1 Å². The molecule has 2 aromatic carbocycles. The van der Waals surface area contributed by atoms with Gasteiger partial charge >= 0.3 is 0 Å². The second kappa shape index (κ2) is 8.49. The number of aromatic nitrogens is 4. The van der Waals surface area contributed by atoms with Gasteiger partial charge in [-0.3, -0.25) is 0 Å². The van der Waals surface area contributed by atoms with Gasteiger partial charge in [-0.05, 0) is 71.6 Å². The molecule has 2 N–H and O–H groups in total. The minimum atomic E-state index is 0.347. The first kappa shape index (κ1) is 19.8. The molecule has 0 amide bonds. The summed E-state index contributed by atoms with van der Waals surface area (Å²) in [6, 6.07) is 13.0. The summed E-state index contributed by atoms with van der Waals surface area (Å²) in [5, 5.41) is 19.7. The summed E-state index contributed by atoms with van der Waals surface area (Å²) in [6.07, 6.45) is 5.19. The van der Waals surface area contributed by atoms with Crippen molar-refractivity contribution >= 4 is 10.8 Å². The zero-order valence-corrected chi connectivity index (χ0v) is 17.6. The lowest BCUT2D eigenvalue weighted by atomic mass is 9.72. The molecule has 1 aliphatic rings. The van der Waals surface area contributed by atoms with Crippen LogP contribution in [0.1, 0.15) is 57.8 Å². The van der Waals surface area contributed by atoms with E-state index in [1.54, 1.807) is 0 Å². The smallest absolute Gasteiger partial charge is 0.188 e. The van der Waals surface area contributed by atoms with Gasteiger partial charge in [0.1, 0.15) is 5.75 Å². The van der Waals surface area contributed by atoms with Crippen molar-refractivity contribution in [2.24, 2.45) is 11.3 Å². The third kappa shape index (κ3) is 5.12. The van der Waals surface area contributed by atoms with E-state index in [-0.39, 0.29) is 0 Å². The second-order valence-corrected chi connectivity index (χ2v) is 9.23. The first-order valence-electron chi connectivity index (χ1n) is 10.6. The van der Waals surface area contributed by atoms with E-state index in [4.69, 9.17) is 4.74 Å². The predicted octanol–water partition coefficient (Wildman–Crippen LogP) is 4.63. The Labute approximate surface area is 172 Å². The molecule has 4 rings (SSSR count). The van der Waals surface area contributed by atoms with Crippen molar-refractivity contribution in [3.8, 4) is 5.75 Å². The third-order valence-corrected chi connectivity index (χ3v) is 6.08. The quantitative estimate of drug-likeness (QED) is 0.639. The maximum absolute atomic E-state index is 6.33. The van der Waals surface area contributed by atoms with Crippen LogP contribution in [0.3, 0.4) is 0 Å². The van der Waals surface area contributed by atoms with E-state index in [0.29, 0.717) is 23.9 Å². The largest absolute Gasteiger partial charge is 0.490 e. The fraction of sp³-hybridized carbons (Fsp3) is 0.522. The number of H-pyrrole nitrogens is 1. The number of hydrogen-bond acceptors (Lipinski definition) is 5. The molecule has 1 heterocycles. The maximum atomic E-state index is 6.33. The summed E-state index contributed by atoms with van der Waals surface area (Å²) < 4.78 is 6.33. The van der Waals surface area contributed by atoms with E-state index in [2.05, 4.69) is 83.1 Å². The zero-order valence-electron chi connectivity index (χ0n) is 17.6. The van der Waals surface area contributed by atoms with Gasteiger partial charge in [-0.2, -0.15) is 5.21 Å². The number of aromatic amines is 1. The Bertz CT molecular complexity index is 924. The second-order valence-electron chi connectivity index (χ2n) is 9.23. The summed E-state index contributed by atoms with van der Waals surface area (Å²) in [5.74, 6) is 2.47. The summed E-state index contributed by atoms with van der Waals surface area (Å²) in [6.45, 7) is 8.43. The molecule has 1 aliphatic carbocycles. The molecule has 3 aromatic rings. The van der Waals surface area contributed by atoms with E-state index in [0.717, 1.165) is 31.1 Å². The molecule has 29 heavy (non-hydrogen) atoms. The van der Waals surface area contributed by atoms with E-state index in [1.807, 2.05) is 0 Å². The van der Waals surface area contributed by atoms with Crippen LogP contribution < -0.4 is 10.1 Å². The van der Waals surface area contributed by atoms with Crippen molar-refractivity contribution in [2.45, 2.75) is 65.6 Å². The van der Waals surface area contributed by atoms with Gasteiger partial charge in [0.25, 0.3) is 0 Å². The van der Waals surface area contributed by atoms with Crippen LogP contribution in [0.2, 0.25) is 0 Å². The van der Waals surface area contributed by atoms with Crippen LogP contribution in [0.5, 0.6) is 5.75 Å². The van der Waals surface area contributed by atoms with Gasteiger partial charge in [0.2, 0.25) is 0 Å². The molecule has 0 aliphatic heterocycles. The van der Waals surface area contributed by atoms with Crippen LogP contribution in [0.4, 0.5) is 0 Å². The highest BCUT2D eigenvalue weighted by atomic mass is 16.5. The molecule has 1 fully saturated rings. The molecule has 0 radical (unpaired) electrons. The number of nitrogens with zero attached hydrogens (tertiary/aromatic N) is 3. The van der Waals surface area contributed by atoms with Crippen molar-refractivity contribution in [3.05, 3.63) is 47.8 Å². The molecule has 6 heteroatoms. The summed E-state index contributed by atoms with van der Waals surface area (Å²) in [4.78, 5) is 0. The Kier molecular flexibility index (Phi) is 5.81. The lowest BCUT2D eigenvalue weighted by Gasteiger charge is -2.37. The molecule has 154 valence electrons. The number of rotatable bonds is 6. The van der Waals surface area contributed by atoms with E-state index < -0.39 is 0 Å². The number of ether oxygens (including phenoxy) is 1. The number of nitrogens with one attached hydrogen (secondary N) is 2. The van der Waals surface area contributed by atoms with Gasteiger partial charge < -0.3 is 10.1 Å². The third-order valence-electron chi connectivity index (χ3n) is 6.08. The minimum Gasteiger partial charge on any atom is -0.490 e. The van der Waals surface area contributed by atoms with Crippen molar-refractivity contribution in [1.29, 1.82) is 0 Å². The van der Waals surface area contributed by atoms with Crippen LogP contribution in [0.25, 0.3) is 10.8 Å². The molecule has 0 unspecified atom stereocenters. The maximum Gasteiger partial charge on any atom is 0.188 e. The summed E-state index contributed by atoms with van der Waals surface area (Å²) in [7, 11) is 0. The predicted molar refractivity (Wildman–Crippen MR) is 114 cm³/mol. The Morgan fingerprint density at radius 1 is 1.00 bits per heavy atom. The highest BCUT2D eigenvalue weighted by Gasteiger charge is 2.30. The molecular weight excluding hydrogens is 362 g/mol. The molecule has 0 atom stereocenters. The van der Waals surface area contributed by atoms with Gasteiger partial charge in [-0.1, -0.05) is 44.2 Å². The number of tetrazole rings is 1. The average molecular weight is 394 g/mol. The minimum absolute atomic E-state index is 0.347. The first-order valence-corrected chi connectivity index (χ1v) is 10.6. The van der Waals surface area contributed by atoms with Crippen LogP contribution in [0.15, 0.2) is 36.4 Å². The van der Waals surface area contributed by atoms with Gasteiger partial charge in [0.05, 0.1) is 12.6 Å². The zero-order chi connectivity index (χ0) is 20.3. The number of fused-ring (bicyclic) bond motifs is 1. The Balaban J connectivity index is 1.33. The molecule has 0 bridgehead atoms. The lowest BCUT2D eigenvalue weighted by molar-refractivity contribution is 0.0883. The normalized spacial score (nSPS) is 20.1. The fourth-order valence-electron chi connectivity index (χ4n) is 4.27. The Morgan fingerprint density at radius 3 is 2.48 bits per heavy atom. The van der Waals surface area contributed by atoms with Crippen molar-refractivity contribution in [2.75, 3.05) is 0 Å². The first-order chi connectivity index (χ1) is 14.0. The summed E-state index contributed by atoms with van der Waals surface area (Å²) in [5.41, 5.74) is 1.64. The monoisotopic (exact) mass is 393 g/mol. The lowest BCUT2D eigenvalue weighted by Crippen LogP contribution is -2.30. The Morgan fingerprint density at radius 2 is 1.76 bits per heavy atom. The highest BCUT2D eigenvalue weighted by molar-refractivity contribution is 5.84. The molecule has 6 nitrogen and oxygen atoms in total. The Hall–Kier alpha value is -2.47. The number of benzene rings is 2. The van der Waals surface area contributed by atoms with Gasteiger partial charge in [0.15, 0.2) is 5.82 Å². The molecule has 1 aromatic heterocycles. The van der Waals surface area contributed by atoms with Crippen LogP contribution in [-0.4, -0.2) is 26.7 Å². The van der Waals surface area contributed by atoms with Crippen molar-refractivity contribution in [1.82, 2.24) is 25.9 Å². The van der Waals surface area contributed by atoms with Gasteiger partial charge in [-0.15, -0.1) is 10.2 Å². The van der Waals surface area contributed by atoms with Gasteiger partial charge in [0, 0.05) is 6.54 Å². The molecule has 1 saturated carbocycles. The molecular formula is C23H31N5O. The summed E-state index contributed by atoms with van der Waals surface area (Å²) >= 11 is 0. The van der Waals surface area contributed by atoms with E-state index >= 15 is 0 Å². The van der Waals surface area contributed by atoms with Crippen LogP contribution >= 0.6 is 0 Å². The van der Waals surface area contributed by atoms with Gasteiger partial charge in [-0.25, -0.2) is 0 Å². The fourth-order valence-corrected chi connectivity index (χ4v) is 4.27. The van der Waals surface area contributed by atoms with Crippen LogP contribution in [0, 0.1) is 11.3 Å². The average Bonchev–Trinajstić information content (AvgIpc) is 3.21. The van der Waals surface area contributed by atoms with E-state index in [1.165, 1.54) is 29.2 Å².